The normalized spacial score (nSPS) is 17.8. The predicted octanol–water partition coefficient (Wildman–Crippen LogP) is 4.40. The summed E-state index contributed by atoms with van der Waals surface area (Å²) in [5.74, 6) is 0.314. The topological polar surface area (TPSA) is 66.5 Å². The van der Waals surface area contributed by atoms with Crippen molar-refractivity contribution in [3.8, 4) is 0 Å². The number of hydrogen-bond donors (Lipinski definition) is 1. The highest BCUT2D eigenvalue weighted by molar-refractivity contribution is 7.89. The number of carbonyl (C=O) groups excluding carboxylic acids is 1. The fourth-order valence-corrected chi connectivity index (χ4v) is 5.47. The van der Waals surface area contributed by atoms with E-state index in [2.05, 4.69) is 19.2 Å². The average molecular weight is 449 g/mol. The van der Waals surface area contributed by atoms with Crippen molar-refractivity contribution in [1.29, 1.82) is 0 Å². The zero-order valence-corrected chi connectivity index (χ0v) is 19.0. The Kier molecular flexibility index (Phi) is 7.55. The third kappa shape index (κ3) is 5.62. The Morgan fingerprint density at radius 2 is 1.67 bits per heavy atom. The van der Waals surface area contributed by atoms with Crippen LogP contribution in [0.2, 0.25) is 5.02 Å². The highest BCUT2D eigenvalue weighted by Gasteiger charge is 2.36. The van der Waals surface area contributed by atoms with Gasteiger partial charge in [0, 0.05) is 18.1 Å². The van der Waals surface area contributed by atoms with E-state index in [4.69, 9.17) is 11.6 Å². The van der Waals surface area contributed by atoms with Crippen molar-refractivity contribution in [3.63, 3.8) is 0 Å². The highest BCUT2D eigenvalue weighted by Crippen LogP contribution is 2.26. The lowest BCUT2D eigenvalue weighted by Crippen LogP contribution is -2.48. The van der Waals surface area contributed by atoms with Gasteiger partial charge in [-0.15, -0.1) is 0 Å². The van der Waals surface area contributed by atoms with Crippen LogP contribution in [0.5, 0.6) is 0 Å². The van der Waals surface area contributed by atoms with Gasteiger partial charge in [-0.1, -0.05) is 49.7 Å². The molecule has 7 heteroatoms. The molecule has 1 atom stereocenters. The van der Waals surface area contributed by atoms with Gasteiger partial charge in [-0.05, 0) is 67.0 Å². The van der Waals surface area contributed by atoms with E-state index in [9.17, 15) is 13.2 Å². The van der Waals surface area contributed by atoms with Gasteiger partial charge in [-0.2, -0.15) is 4.31 Å². The summed E-state index contributed by atoms with van der Waals surface area (Å²) in [6, 6.07) is 13.3. The summed E-state index contributed by atoms with van der Waals surface area (Å²) in [5, 5.41) is 3.32. The third-order valence-electron chi connectivity index (χ3n) is 5.28. The molecule has 1 amide bonds. The predicted molar refractivity (Wildman–Crippen MR) is 120 cm³/mol. The van der Waals surface area contributed by atoms with Crippen LogP contribution in [0.1, 0.15) is 44.2 Å². The standard InChI is InChI=1S/C23H29ClN2O3S/c1-17(2)15-18-6-8-19(9-7-18)16-26(22-5-3-4-14-25-23(22)27)30(28,29)21-12-10-20(24)11-13-21/h6-13,17,22H,3-5,14-16H2,1-2H3,(H,25,27). The summed E-state index contributed by atoms with van der Waals surface area (Å²) in [5.41, 5.74) is 2.07. The molecule has 1 saturated heterocycles. The maximum atomic E-state index is 13.5. The Hall–Kier alpha value is -1.89. The van der Waals surface area contributed by atoms with E-state index in [-0.39, 0.29) is 17.3 Å². The first kappa shape index (κ1) is 22.8. The SMILES string of the molecule is CC(C)Cc1ccc(CN(C2CCCCNC2=O)S(=O)(=O)c2ccc(Cl)cc2)cc1. The molecule has 1 aliphatic heterocycles. The molecule has 1 unspecified atom stereocenters. The van der Waals surface area contributed by atoms with E-state index in [1.54, 1.807) is 12.1 Å². The molecule has 30 heavy (non-hydrogen) atoms. The molecule has 0 aliphatic carbocycles. The van der Waals surface area contributed by atoms with Crippen LogP contribution in [0.25, 0.3) is 0 Å². The van der Waals surface area contributed by atoms with Crippen molar-refractivity contribution in [1.82, 2.24) is 9.62 Å². The number of benzene rings is 2. The number of nitrogens with zero attached hydrogens (tertiary/aromatic N) is 1. The summed E-state index contributed by atoms with van der Waals surface area (Å²) in [6.07, 6.45) is 3.12. The molecular formula is C23H29ClN2O3S. The van der Waals surface area contributed by atoms with Crippen LogP contribution >= 0.6 is 11.6 Å². The van der Waals surface area contributed by atoms with E-state index in [0.29, 0.717) is 23.9 Å². The first-order valence-corrected chi connectivity index (χ1v) is 12.2. The number of sulfonamides is 1. The van der Waals surface area contributed by atoms with Crippen LogP contribution < -0.4 is 5.32 Å². The third-order valence-corrected chi connectivity index (χ3v) is 7.40. The molecule has 1 aliphatic rings. The quantitative estimate of drug-likeness (QED) is 0.682. The number of carbonyl (C=O) groups is 1. The molecule has 5 nitrogen and oxygen atoms in total. The van der Waals surface area contributed by atoms with E-state index >= 15 is 0 Å². The maximum absolute atomic E-state index is 13.5. The van der Waals surface area contributed by atoms with E-state index < -0.39 is 16.1 Å². The molecule has 1 N–H and O–H groups in total. The first-order chi connectivity index (χ1) is 14.3. The van der Waals surface area contributed by atoms with Crippen LogP contribution in [0.3, 0.4) is 0 Å². The van der Waals surface area contributed by atoms with Gasteiger partial charge in [0.25, 0.3) is 0 Å². The molecule has 1 fully saturated rings. The second-order valence-electron chi connectivity index (χ2n) is 8.22. The lowest BCUT2D eigenvalue weighted by atomic mass is 10.0. The van der Waals surface area contributed by atoms with Gasteiger partial charge in [-0.25, -0.2) is 8.42 Å². The number of nitrogens with one attached hydrogen (secondary N) is 1. The van der Waals surface area contributed by atoms with Crippen molar-refractivity contribution in [2.45, 2.75) is 57.0 Å². The maximum Gasteiger partial charge on any atom is 0.244 e. The van der Waals surface area contributed by atoms with Crippen molar-refractivity contribution < 1.29 is 13.2 Å². The van der Waals surface area contributed by atoms with Gasteiger partial charge in [-0.3, -0.25) is 4.79 Å². The molecule has 0 bridgehead atoms. The Balaban J connectivity index is 1.94. The Bertz CT molecular complexity index is 957. The van der Waals surface area contributed by atoms with Gasteiger partial charge >= 0.3 is 0 Å². The Morgan fingerprint density at radius 3 is 2.30 bits per heavy atom. The van der Waals surface area contributed by atoms with Gasteiger partial charge in [0.2, 0.25) is 15.9 Å². The lowest BCUT2D eigenvalue weighted by molar-refractivity contribution is -0.124. The molecule has 1 heterocycles. The molecule has 2 aromatic carbocycles. The average Bonchev–Trinajstić information content (AvgIpc) is 2.91. The van der Waals surface area contributed by atoms with Gasteiger partial charge < -0.3 is 5.32 Å². The number of halogens is 1. The van der Waals surface area contributed by atoms with Crippen LogP contribution in [-0.2, 0) is 27.8 Å². The molecule has 2 aromatic rings. The van der Waals surface area contributed by atoms with Crippen molar-refractivity contribution in [2.75, 3.05) is 6.54 Å². The van der Waals surface area contributed by atoms with Gasteiger partial charge in [0.15, 0.2) is 0 Å². The minimum absolute atomic E-state index is 0.139. The molecule has 0 spiro atoms. The fourth-order valence-electron chi connectivity index (χ4n) is 3.73. The first-order valence-electron chi connectivity index (χ1n) is 10.4. The van der Waals surface area contributed by atoms with Crippen LogP contribution in [0, 0.1) is 5.92 Å². The number of rotatable bonds is 7. The van der Waals surface area contributed by atoms with Crippen LogP contribution in [0.4, 0.5) is 0 Å². The summed E-state index contributed by atoms with van der Waals surface area (Å²) >= 11 is 5.94. The van der Waals surface area contributed by atoms with Gasteiger partial charge in [0.05, 0.1) is 4.90 Å². The summed E-state index contributed by atoms with van der Waals surface area (Å²) < 4.78 is 28.4. The Morgan fingerprint density at radius 1 is 1.03 bits per heavy atom. The van der Waals surface area contributed by atoms with E-state index in [1.807, 2.05) is 24.3 Å². The summed E-state index contributed by atoms with van der Waals surface area (Å²) in [6.45, 7) is 5.05. The minimum Gasteiger partial charge on any atom is -0.355 e. The van der Waals surface area contributed by atoms with Crippen molar-refractivity contribution in [2.24, 2.45) is 5.92 Å². The second-order valence-corrected chi connectivity index (χ2v) is 10.5. The molecule has 162 valence electrons. The molecular weight excluding hydrogens is 420 g/mol. The largest absolute Gasteiger partial charge is 0.355 e. The monoisotopic (exact) mass is 448 g/mol. The molecule has 0 saturated carbocycles. The van der Waals surface area contributed by atoms with Crippen LogP contribution in [0.15, 0.2) is 53.4 Å². The molecule has 0 aromatic heterocycles. The second kappa shape index (κ2) is 9.94. The smallest absolute Gasteiger partial charge is 0.244 e. The zero-order chi connectivity index (χ0) is 21.7. The van der Waals surface area contributed by atoms with E-state index in [1.165, 1.54) is 22.0 Å². The minimum atomic E-state index is -3.88. The van der Waals surface area contributed by atoms with Crippen molar-refractivity contribution >= 4 is 27.5 Å². The van der Waals surface area contributed by atoms with Crippen molar-refractivity contribution in [3.05, 3.63) is 64.7 Å². The lowest BCUT2D eigenvalue weighted by Gasteiger charge is -2.29. The van der Waals surface area contributed by atoms with Gasteiger partial charge in [0.1, 0.15) is 6.04 Å². The highest BCUT2D eigenvalue weighted by atomic mass is 35.5. The summed E-state index contributed by atoms with van der Waals surface area (Å²) in [7, 11) is -3.88. The number of amides is 1. The zero-order valence-electron chi connectivity index (χ0n) is 17.5. The summed E-state index contributed by atoms with van der Waals surface area (Å²) in [4.78, 5) is 12.9. The van der Waals surface area contributed by atoms with Crippen LogP contribution in [-0.4, -0.2) is 31.2 Å². The number of hydrogen-bond acceptors (Lipinski definition) is 3. The Labute approximate surface area is 184 Å². The molecule has 0 radical (unpaired) electrons. The molecule has 3 rings (SSSR count). The van der Waals surface area contributed by atoms with E-state index in [0.717, 1.165) is 24.8 Å². The fraction of sp³-hybridized carbons (Fsp3) is 0.435.